The molecule has 4 aromatic rings. The molecule has 5 heteroatoms. The fourth-order valence-corrected chi connectivity index (χ4v) is 3.04. The molecule has 0 saturated carbocycles. The molecule has 0 aliphatic rings. The molecular formula is C24H19N3O2. The molecule has 4 rings (SSSR count). The van der Waals surface area contributed by atoms with Crippen molar-refractivity contribution >= 4 is 28.4 Å². The van der Waals surface area contributed by atoms with Gasteiger partial charge in [-0.1, -0.05) is 66.7 Å². The molecule has 0 atom stereocenters. The van der Waals surface area contributed by atoms with Crippen LogP contribution < -0.4 is 10.6 Å². The first-order valence-corrected chi connectivity index (χ1v) is 9.29. The lowest BCUT2D eigenvalue weighted by Crippen LogP contribution is -2.25. The van der Waals surface area contributed by atoms with E-state index in [-0.39, 0.29) is 11.8 Å². The first-order valence-electron chi connectivity index (χ1n) is 9.29. The summed E-state index contributed by atoms with van der Waals surface area (Å²) in [6.45, 7) is 0.411. The van der Waals surface area contributed by atoms with Gasteiger partial charge in [0, 0.05) is 11.9 Å². The van der Waals surface area contributed by atoms with Crippen LogP contribution in [0.3, 0.4) is 0 Å². The van der Waals surface area contributed by atoms with Gasteiger partial charge in [0.15, 0.2) is 0 Å². The van der Waals surface area contributed by atoms with Crippen LogP contribution in [0.4, 0.5) is 5.69 Å². The van der Waals surface area contributed by atoms with E-state index in [1.54, 1.807) is 30.3 Å². The lowest BCUT2D eigenvalue weighted by atomic mass is 10.1. The van der Waals surface area contributed by atoms with Gasteiger partial charge in [0.2, 0.25) is 0 Å². The van der Waals surface area contributed by atoms with Gasteiger partial charge >= 0.3 is 0 Å². The highest BCUT2D eigenvalue weighted by molar-refractivity contribution is 6.08. The molecule has 1 heterocycles. The third-order valence-corrected chi connectivity index (χ3v) is 4.55. The van der Waals surface area contributed by atoms with Crippen molar-refractivity contribution in [3.05, 3.63) is 108 Å². The quantitative estimate of drug-likeness (QED) is 0.538. The van der Waals surface area contributed by atoms with Crippen LogP contribution in [-0.2, 0) is 6.54 Å². The largest absolute Gasteiger partial charge is 0.348 e. The first kappa shape index (κ1) is 18.4. The van der Waals surface area contributed by atoms with Crippen LogP contribution in [0.25, 0.3) is 10.9 Å². The van der Waals surface area contributed by atoms with E-state index in [0.29, 0.717) is 23.5 Å². The summed E-state index contributed by atoms with van der Waals surface area (Å²) < 4.78 is 0. The molecule has 29 heavy (non-hydrogen) atoms. The molecule has 142 valence electrons. The molecular weight excluding hydrogens is 362 g/mol. The Kier molecular flexibility index (Phi) is 5.29. The van der Waals surface area contributed by atoms with Crippen molar-refractivity contribution in [1.29, 1.82) is 0 Å². The molecule has 0 fully saturated rings. The number of hydrogen-bond acceptors (Lipinski definition) is 3. The molecule has 0 spiro atoms. The second-order valence-corrected chi connectivity index (χ2v) is 6.56. The van der Waals surface area contributed by atoms with Crippen molar-refractivity contribution in [1.82, 2.24) is 10.3 Å². The maximum absolute atomic E-state index is 12.7. The van der Waals surface area contributed by atoms with E-state index < -0.39 is 0 Å². The number of aromatic nitrogens is 1. The number of amides is 2. The van der Waals surface area contributed by atoms with Crippen molar-refractivity contribution < 1.29 is 9.59 Å². The van der Waals surface area contributed by atoms with Gasteiger partial charge in [0.25, 0.3) is 11.8 Å². The Labute approximate surface area is 168 Å². The minimum absolute atomic E-state index is 0.253. The van der Waals surface area contributed by atoms with Crippen molar-refractivity contribution in [2.75, 3.05) is 5.32 Å². The monoisotopic (exact) mass is 381 g/mol. The number of rotatable bonds is 5. The highest BCUT2D eigenvalue weighted by Gasteiger charge is 2.15. The number of carbonyl (C=O) groups excluding carboxylic acids is 2. The molecule has 1 aromatic heterocycles. The number of nitrogens with zero attached hydrogens (tertiary/aromatic N) is 1. The van der Waals surface area contributed by atoms with Crippen molar-refractivity contribution in [3.63, 3.8) is 0 Å². The molecule has 2 amide bonds. The normalized spacial score (nSPS) is 10.5. The zero-order valence-corrected chi connectivity index (χ0v) is 15.6. The van der Waals surface area contributed by atoms with E-state index in [0.717, 1.165) is 16.5 Å². The van der Waals surface area contributed by atoms with E-state index in [1.165, 1.54) is 0 Å². The molecule has 0 unspecified atom stereocenters. The number of benzene rings is 3. The van der Waals surface area contributed by atoms with Crippen LogP contribution in [-0.4, -0.2) is 16.8 Å². The van der Waals surface area contributed by atoms with Crippen LogP contribution in [0.5, 0.6) is 0 Å². The predicted octanol–water partition coefficient (Wildman–Crippen LogP) is 4.42. The molecule has 0 bridgehead atoms. The average Bonchev–Trinajstić information content (AvgIpc) is 2.78. The predicted molar refractivity (Wildman–Crippen MR) is 114 cm³/mol. The van der Waals surface area contributed by atoms with E-state index in [9.17, 15) is 9.59 Å². The molecule has 3 aromatic carbocycles. The Balaban J connectivity index is 1.51. The molecule has 0 aliphatic carbocycles. The van der Waals surface area contributed by atoms with Crippen LogP contribution in [0.1, 0.15) is 26.4 Å². The fraction of sp³-hybridized carbons (Fsp3) is 0.0417. The molecule has 2 N–H and O–H groups in total. The Bertz CT molecular complexity index is 1170. The smallest absolute Gasteiger partial charge is 0.274 e. The summed E-state index contributed by atoms with van der Waals surface area (Å²) in [7, 11) is 0. The number of hydrogen-bond donors (Lipinski definition) is 2. The summed E-state index contributed by atoms with van der Waals surface area (Å²) in [5, 5.41) is 6.66. The van der Waals surface area contributed by atoms with Crippen LogP contribution in [0, 0.1) is 0 Å². The zero-order chi connectivity index (χ0) is 20.1. The van der Waals surface area contributed by atoms with Gasteiger partial charge in [-0.3, -0.25) is 9.59 Å². The Morgan fingerprint density at radius 1 is 0.724 bits per heavy atom. The second-order valence-electron chi connectivity index (χ2n) is 6.56. The molecule has 5 nitrogen and oxygen atoms in total. The zero-order valence-electron chi connectivity index (χ0n) is 15.6. The van der Waals surface area contributed by atoms with Gasteiger partial charge in [-0.2, -0.15) is 0 Å². The lowest BCUT2D eigenvalue weighted by Gasteiger charge is -2.11. The third-order valence-electron chi connectivity index (χ3n) is 4.55. The highest BCUT2D eigenvalue weighted by Crippen LogP contribution is 2.17. The number of para-hydroxylation sites is 2. The number of carbonyl (C=O) groups is 2. The second kappa shape index (κ2) is 8.35. The van der Waals surface area contributed by atoms with Crippen molar-refractivity contribution in [3.8, 4) is 0 Å². The maximum Gasteiger partial charge on any atom is 0.274 e. The number of pyridine rings is 1. The van der Waals surface area contributed by atoms with E-state index in [1.807, 2.05) is 60.7 Å². The summed E-state index contributed by atoms with van der Waals surface area (Å²) >= 11 is 0. The van der Waals surface area contributed by atoms with Gasteiger partial charge in [-0.05, 0) is 29.8 Å². The molecule has 0 saturated heterocycles. The van der Waals surface area contributed by atoms with E-state index in [4.69, 9.17) is 0 Å². The molecule has 0 aliphatic heterocycles. The fourth-order valence-electron chi connectivity index (χ4n) is 3.04. The average molecular weight is 381 g/mol. The van der Waals surface area contributed by atoms with E-state index in [2.05, 4.69) is 15.6 Å². The van der Waals surface area contributed by atoms with Gasteiger partial charge < -0.3 is 10.6 Å². The van der Waals surface area contributed by atoms with Crippen molar-refractivity contribution in [2.24, 2.45) is 0 Å². The molecule has 0 radical (unpaired) electrons. The summed E-state index contributed by atoms with van der Waals surface area (Å²) in [6.07, 6.45) is 0. The van der Waals surface area contributed by atoms with Gasteiger partial charge in [-0.15, -0.1) is 0 Å². The van der Waals surface area contributed by atoms with Gasteiger partial charge in [-0.25, -0.2) is 4.98 Å². The minimum atomic E-state index is -0.362. The number of fused-ring (bicyclic) bond motifs is 1. The van der Waals surface area contributed by atoms with Crippen LogP contribution >= 0.6 is 0 Å². The third kappa shape index (κ3) is 4.30. The number of anilines is 1. The first-order chi connectivity index (χ1) is 14.2. The summed E-state index contributed by atoms with van der Waals surface area (Å²) in [5.74, 6) is -0.615. The Morgan fingerprint density at radius 2 is 1.45 bits per heavy atom. The Morgan fingerprint density at radius 3 is 2.31 bits per heavy atom. The summed E-state index contributed by atoms with van der Waals surface area (Å²) in [6, 6.07) is 27.7. The van der Waals surface area contributed by atoms with E-state index >= 15 is 0 Å². The highest BCUT2D eigenvalue weighted by atomic mass is 16.2. The van der Waals surface area contributed by atoms with Crippen LogP contribution in [0.15, 0.2) is 91.0 Å². The topological polar surface area (TPSA) is 71.1 Å². The van der Waals surface area contributed by atoms with Gasteiger partial charge in [0.05, 0.1) is 16.8 Å². The van der Waals surface area contributed by atoms with Crippen molar-refractivity contribution in [2.45, 2.75) is 6.54 Å². The lowest BCUT2D eigenvalue weighted by molar-refractivity contribution is 0.0952. The number of nitrogens with one attached hydrogen (secondary N) is 2. The van der Waals surface area contributed by atoms with Gasteiger partial charge in [0.1, 0.15) is 5.69 Å². The SMILES string of the molecule is O=C(Nc1ccccc1C(=O)NCc1ccccc1)c1ccc2ccccc2n1. The standard InChI is InChI=1S/C24H19N3O2/c28-23(25-16-17-8-2-1-3-9-17)19-11-5-7-13-21(19)27-24(29)22-15-14-18-10-4-6-12-20(18)26-22/h1-15H,16H2,(H,25,28)(H,27,29). The Hall–Kier alpha value is -3.99. The van der Waals surface area contributed by atoms with Crippen LogP contribution in [0.2, 0.25) is 0 Å². The maximum atomic E-state index is 12.7. The summed E-state index contributed by atoms with van der Waals surface area (Å²) in [5.41, 5.74) is 2.88. The summed E-state index contributed by atoms with van der Waals surface area (Å²) in [4.78, 5) is 29.8. The minimum Gasteiger partial charge on any atom is -0.348 e.